The van der Waals surface area contributed by atoms with Crippen LogP contribution in [0.5, 0.6) is 0 Å². The summed E-state index contributed by atoms with van der Waals surface area (Å²) >= 11 is 0. The Morgan fingerprint density at radius 2 is 1.87 bits per heavy atom. The fourth-order valence-electron chi connectivity index (χ4n) is 6.89. The second kappa shape index (κ2) is 4.87. The molecule has 0 aromatic carbocycles. The maximum Gasteiger partial charge on any atom is 0.130 e. The molecule has 0 aromatic rings. The van der Waals surface area contributed by atoms with Gasteiger partial charge in [-0.2, -0.15) is 0 Å². The van der Waals surface area contributed by atoms with E-state index in [0.29, 0.717) is 17.8 Å². The third-order valence-electron chi connectivity index (χ3n) is 8.47. The Morgan fingerprint density at radius 3 is 2.61 bits per heavy atom. The summed E-state index contributed by atoms with van der Waals surface area (Å²) in [6, 6.07) is 0. The lowest BCUT2D eigenvalue weighted by Gasteiger charge is -2.58. The standard InChI is InChI=1S/C21H30O2/c1-4-21(23)12-9-18-16-6-5-14-13-15(22)7-10-19(14,2)17(16)8-11-20(18,21)3/h1,5,15-18,22-23H,6-13H2,2-3H3/t15-,16-,17+,18-,19+,20-,21+/m0/s1. The lowest BCUT2D eigenvalue weighted by molar-refractivity contribution is -0.0969. The molecule has 126 valence electrons. The van der Waals surface area contributed by atoms with Gasteiger partial charge in [-0.3, -0.25) is 0 Å². The van der Waals surface area contributed by atoms with Gasteiger partial charge in [0.15, 0.2) is 0 Å². The van der Waals surface area contributed by atoms with Crippen LogP contribution in [0.15, 0.2) is 11.6 Å². The number of aliphatic hydroxyl groups is 2. The minimum Gasteiger partial charge on any atom is -0.393 e. The van der Waals surface area contributed by atoms with E-state index in [1.807, 2.05) is 0 Å². The number of fused-ring (bicyclic) bond motifs is 5. The molecule has 0 heterocycles. The summed E-state index contributed by atoms with van der Waals surface area (Å²) in [5.74, 6) is 4.65. The van der Waals surface area contributed by atoms with Crippen LogP contribution < -0.4 is 0 Å². The lowest BCUT2D eigenvalue weighted by Crippen LogP contribution is -2.54. The molecule has 2 N–H and O–H groups in total. The van der Waals surface area contributed by atoms with Gasteiger partial charge in [0.05, 0.1) is 6.10 Å². The summed E-state index contributed by atoms with van der Waals surface area (Å²) < 4.78 is 0. The van der Waals surface area contributed by atoms with Crippen LogP contribution in [0.2, 0.25) is 0 Å². The zero-order valence-corrected chi connectivity index (χ0v) is 14.5. The van der Waals surface area contributed by atoms with Gasteiger partial charge in [0, 0.05) is 5.41 Å². The quantitative estimate of drug-likeness (QED) is 0.529. The van der Waals surface area contributed by atoms with Crippen LogP contribution in [0.25, 0.3) is 0 Å². The van der Waals surface area contributed by atoms with Crippen LogP contribution in [0.3, 0.4) is 0 Å². The van der Waals surface area contributed by atoms with E-state index in [0.717, 1.165) is 44.9 Å². The summed E-state index contributed by atoms with van der Waals surface area (Å²) in [5.41, 5.74) is 0.751. The van der Waals surface area contributed by atoms with E-state index in [4.69, 9.17) is 6.42 Å². The van der Waals surface area contributed by atoms with E-state index in [1.54, 1.807) is 0 Å². The van der Waals surface area contributed by atoms with Crippen molar-refractivity contribution in [1.82, 2.24) is 0 Å². The molecule has 3 fully saturated rings. The summed E-state index contributed by atoms with van der Waals surface area (Å²) in [4.78, 5) is 0. The second-order valence-corrected chi connectivity index (χ2v) is 9.16. The van der Waals surface area contributed by atoms with Gasteiger partial charge >= 0.3 is 0 Å². The van der Waals surface area contributed by atoms with Crippen molar-refractivity contribution in [3.63, 3.8) is 0 Å². The summed E-state index contributed by atoms with van der Waals surface area (Å²) in [5, 5.41) is 21.0. The largest absolute Gasteiger partial charge is 0.393 e. The minimum atomic E-state index is -0.906. The molecule has 0 aromatic heterocycles. The molecule has 4 rings (SSSR count). The first-order chi connectivity index (χ1) is 10.8. The summed E-state index contributed by atoms with van der Waals surface area (Å²) in [7, 11) is 0. The van der Waals surface area contributed by atoms with Gasteiger partial charge in [-0.15, -0.1) is 6.42 Å². The highest BCUT2D eigenvalue weighted by Gasteiger charge is 2.63. The van der Waals surface area contributed by atoms with Crippen molar-refractivity contribution in [3.05, 3.63) is 11.6 Å². The first-order valence-electron chi connectivity index (χ1n) is 9.42. The molecule has 2 heteroatoms. The van der Waals surface area contributed by atoms with Crippen molar-refractivity contribution in [1.29, 1.82) is 0 Å². The average Bonchev–Trinajstić information content (AvgIpc) is 2.80. The molecule has 3 saturated carbocycles. The fraction of sp³-hybridized carbons (Fsp3) is 0.810. The number of allylic oxidation sites excluding steroid dienone is 1. The van der Waals surface area contributed by atoms with Gasteiger partial charge in [-0.25, -0.2) is 0 Å². The highest BCUT2D eigenvalue weighted by atomic mass is 16.3. The molecule has 0 spiro atoms. The Hall–Kier alpha value is -0.780. The molecule has 0 aliphatic heterocycles. The highest BCUT2D eigenvalue weighted by Crippen LogP contribution is 2.66. The number of terminal acetylenes is 1. The predicted octanol–water partition coefficient (Wildman–Crippen LogP) is 3.67. The third-order valence-corrected chi connectivity index (χ3v) is 8.47. The van der Waals surface area contributed by atoms with Crippen molar-refractivity contribution < 1.29 is 10.2 Å². The van der Waals surface area contributed by atoms with Crippen LogP contribution in [-0.2, 0) is 0 Å². The zero-order chi connectivity index (χ0) is 16.5. The fourth-order valence-corrected chi connectivity index (χ4v) is 6.89. The molecule has 0 saturated heterocycles. The molecule has 0 unspecified atom stereocenters. The smallest absolute Gasteiger partial charge is 0.130 e. The van der Waals surface area contributed by atoms with Gasteiger partial charge < -0.3 is 10.2 Å². The van der Waals surface area contributed by atoms with Crippen LogP contribution >= 0.6 is 0 Å². The first-order valence-corrected chi connectivity index (χ1v) is 9.42. The van der Waals surface area contributed by atoms with E-state index in [9.17, 15) is 10.2 Å². The molecule has 0 amide bonds. The molecule has 4 aliphatic carbocycles. The van der Waals surface area contributed by atoms with E-state index in [-0.39, 0.29) is 16.9 Å². The van der Waals surface area contributed by atoms with Gasteiger partial charge in [0.1, 0.15) is 5.60 Å². The van der Waals surface area contributed by atoms with E-state index in [1.165, 1.54) is 12.0 Å². The Morgan fingerprint density at radius 1 is 1.13 bits per heavy atom. The van der Waals surface area contributed by atoms with Crippen molar-refractivity contribution >= 4 is 0 Å². The van der Waals surface area contributed by atoms with Crippen molar-refractivity contribution in [2.45, 2.75) is 76.9 Å². The van der Waals surface area contributed by atoms with E-state index < -0.39 is 5.60 Å². The van der Waals surface area contributed by atoms with Crippen molar-refractivity contribution in [2.75, 3.05) is 0 Å². The average molecular weight is 314 g/mol. The van der Waals surface area contributed by atoms with E-state index in [2.05, 4.69) is 25.8 Å². The molecular weight excluding hydrogens is 284 g/mol. The Balaban J connectivity index is 1.69. The minimum absolute atomic E-state index is 0.112. The number of aliphatic hydroxyl groups excluding tert-OH is 1. The highest BCUT2D eigenvalue weighted by molar-refractivity contribution is 5.28. The SMILES string of the molecule is C#C[C@@]1(O)CC[C@H]2[C@H]3CC=C4C[C@@H](O)CC[C@@]4(C)[C@@H]3CC[C@@]21C. The van der Waals surface area contributed by atoms with Gasteiger partial charge in [0.2, 0.25) is 0 Å². The normalized spacial score (nSPS) is 55.2. The van der Waals surface area contributed by atoms with E-state index >= 15 is 0 Å². The summed E-state index contributed by atoms with van der Waals surface area (Å²) in [6.45, 7) is 4.68. The van der Waals surface area contributed by atoms with Crippen LogP contribution in [0, 0.1) is 40.9 Å². The topological polar surface area (TPSA) is 40.5 Å². The summed E-state index contributed by atoms with van der Waals surface area (Å²) in [6.07, 6.45) is 16.1. The van der Waals surface area contributed by atoms with Crippen LogP contribution in [0.4, 0.5) is 0 Å². The molecule has 2 nitrogen and oxygen atoms in total. The zero-order valence-electron chi connectivity index (χ0n) is 14.5. The number of hydrogen-bond donors (Lipinski definition) is 2. The molecule has 7 atom stereocenters. The van der Waals surface area contributed by atoms with Crippen LogP contribution in [0.1, 0.15) is 65.2 Å². The Kier molecular flexibility index (Phi) is 3.33. The molecule has 23 heavy (non-hydrogen) atoms. The first kappa shape index (κ1) is 15.7. The van der Waals surface area contributed by atoms with Gasteiger partial charge in [-0.1, -0.05) is 31.4 Å². The monoisotopic (exact) mass is 314 g/mol. The maximum absolute atomic E-state index is 11.0. The third kappa shape index (κ3) is 1.90. The lowest BCUT2D eigenvalue weighted by atomic mass is 9.47. The van der Waals surface area contributed by atoms with Crippen molar-refractivity contribution in [2.24, 2.45) is 28.6 Å². The molecule has 0 bridgehead atoms. The van der Waals surface area contributed by atoms with Gasteiger partial charge in [-0.05, 0) is 74.5 Å². The Bertz CT molecular complexity index is 587. The van der Waals surface area contributed by atoms with Gasteiger partial charge in [0.25, 0.3) is 0 Å². The Labute approximate surface area is 140 Å². The number of rotatable bonds is 0. The second-order valence-electron chi connectivity index (χ2n) is 9.16. The van der Waals surface area contributed by atoms with Crippen molar-refractivity contribution in [3.8, 4) is 12.3 Å². The molecule has 4 aliphatic rings. The van der Waals surface area contributed by atoms with Crippen LogP contribution in [-0.4, -0.2) is 21.9 Å². The molecular formula is C21H30O2. The number of hydrogen-bond acceptors (Lipinski definition) is 2. The maximum atomic E-state index is 11.0. The predicted molar refractivity (Wildman–Crippen MR) is 91.5 cm³/mol. The molecule has 0 radical (unpaired) electrons.